The van der Waals surface area contributed by atoms with E-state index < -0.39 is 0 Å². The van der Waals surface area contributed by atoms with Gasteiger partial charge in [-0.05, 0) is 85.5 Å². The molecule has 3 aromatic carbocycles. The topological polar surface area (TPSA) is 51.2 Å². The number of hydrogen-bond acceptors (Lipinski definition) is 5. The molecule has 2 atom stereocenters. The highest BCUT2D eigenvalue weighted by atomic mass is 16.7. The van der Waals surface area contributed by atoms with Gasteiger partial charge in [0, 0.05) is 18.2 Å². The first-order chi connectivity index (χ1) is 16.4. The van der Waals surface area contributed by atoms with Crippen molar-refractivity contribution in [2.75, 3.05) is 27.5 Å². The highest BCUT2D eigenvalue weighted by Crippen LogP contribution is 2.38. The van der Waals surface area contributed by atoms with Gasteiger partial charge in [0.15, 0.2) is 11.5 Å². The molecule has 6 nitrogen and oxygen atoms in total. The van der Waals surface area contributed by atoms with Crippen LogP contribution in [0.4, 0.5) is 0 Å². The molecule has 5 rings (SSSR count). The van der Waals surface area contributed by atoms with Crippen molar-refractivity contribution in [2.24, 2.45) is 0 Å². The summed E-state index contributed by atoms with van der Waals surface area (Å²) in [5.41, 5.74) is 4.14. The minimum atomic E-state index is -0.00521. The van der Waals surface area contributed by atoms with Gasteiger partial charge in [-0.2, -0.15) is 0 Å². The number of ether oxygens (including phenoxy) is 3. The van der Waals surface area contributed by atoms with Crippen molar-refractivity contribution in [3.63, 3.8) is 0 Å². The average Bonchev–Trinajstić information content (AvgIpc) is 3.32. The number of carbonyl (C=O) groups excluding carboxylic acids is 1. The van der Waals surface area contributed by atoms with Crippen LogP contribution in [-0.4, -0.2) is 49.4 Å². The van der Waals surface area contributed by atoms with Gasteiger partial charge in [0.25, 0.3) is 5.91 Å². The summed E-state index contributed by atoms with van der Waals surface area (Å²) >= 11 is 0. The molecule has 0 fully saturated rings. The molecule has 2 aliphatic rings. The third-order valence-electron chi connectivity index (χ3n) is 7.48. The lowest BCUT2D eigenvalue weighted by molar-refractivity contribution is 0.0234. The number of methoxy groups -OCH3 is 1. The Labute approximate surface area is 201 Å². The molecule has 0 bridgehead atoms. The van der Waals surface area contributed by atoms with Crippen LogP contribution in [0.3, 0.4) is 0 Å². The monoisotopic (exact) mass is 460 g/mol. The van der Waals surface area contributed by atoms with E-state index in [0.717, 1.165) is 41.0 Å². The van der Waals surface area contributed by atoms with Crippen molar-refractivity contribution in [3.05, 3.63) is 64.7 Å². The summed E-state index contributed by atoms with van der Waals surface area (Å²) in [6, 6.07) is 14.7. The Hall–Kier alpha value is -3.25. The van der Waals surface area contributed by atoms with Gasteiger partial charge in [-0.15, -0.1) is 0 Å². The predicted molar refractivity (Wildman–Crippen MR) is 133 cm³/mol. The number of hydrogen-bond donors (Lipinski definition) is 0. The minimum absolute atomic E-state index is 0.00521. The van der Waals surface area contributed by atoms with Gasteiger partial charge in [0.05, 0.1) is 13.3 Å². The maximum Gasteiger partial charge on any atom is 0.255 e. The van der Waals surface area contributed by atoms with E-state index in [4.69, 9.17) is 14.2 Å². The van der Waals surface area contributed by atoms with Gasteiger partial charge in [-0.25, -0.2) is 0 Å². The summed E-state index contributed by atoms with van der Waals surface area (Å²) in [4.78, 5) is 17.9. The fourth-order valence-electron chi connectivity index (χ4n) is 5.36. The third kappa shape index (κ3) is 3.66. The molecule has 0 aliphatic carbocycles. The van der Waals surface area contributed by atoms with Crippen molar-refractivity contribution >= 4 is 16.7 Å². The van der Waals surface area contributed by atoms with Crippen LogP contribution in [0.25, 0.3) is 10.8 Å². The highest BCUT2D eigenvalue weighted by molar-refractivity contribution is 5.97. The average molecular weight is 461 g/mol. The van der Waals surface area contributed by atoms with E-state index in [1.807, 2.05) is 23.1 Å². The van der Waals surface area contributed by atoms with Crippen molar-refractivity contribution in [1.29, 1.82) is 0 Å². The number of aryl methyl sites for hydroxylation is 1. The van der Waals surface area contributed by atoms with Gasteiger partial charge in [-0.3, -0.25) is 9.69 Å². The zero-order valence-corrected chi connectivity index (χ0v) is 20.6. The van der Waals surface area contributed by atoms with Crippen LogP contribution < -0.4 is 14.2 Å². The summed E-state index contributed by atoms with van der Waals surface area (Å²) in [6.45, 7) is 7.35. The van der Waals surface area contributed by atoms with Crippen LogP contribution in [0.2, 0.25) is 0 Å². The first kappa shape index (κ1) is 22.5. The summed E-state index contributed by atoms with van der Waals surface area (Å²) in [5, 5.41) is 2.40. The first-order valence-corrected chi connectivity index (χ1v) is 12.0. The van der Waals surface area contributed by atoms with E-state index in [0.29, 0.717) is 12.3 Å². The molecule has 0 radical (unpaired) electrons. The van der Waals surface area contributed by atoms with Gasteiger partial charge in [-0.1, -0.05) is 25.1 Å². The second kappa shape index (κ2) is 8.84. The number of rotatable bonds is 6. The van der Waals surface area contributed by atoms with Crippen LogP contribution in [0.1, 0.15) is 53.4 Å². The maximum absolute atomic E-state index is 13.5. The summed E-state index contributed by atoms with van der Waals surface area (Å²) in [5.74, 6) is 2.36. The Bertz CT molecular complexity index is 1250. The number of amides is 1. The van der Waals surface area contributed by atoms with Crippen LogP contribution in [0.5, 0.6) is 17.2 Å². The molecule has 0 saturated carbocycles. The molecular formula is C28H32N2O4. The molecule has 0 saturated heterocycles. The second-order valence-electron chi connectivity index (χ2n) is 9.21. The Morgan fingerprint density at radius 1 is 1.12 bits per heavy atom. The summed E-state index contributed by atoms with van der Waals surface area (Å²) in [7, 11) is 3.82. The second-order valence-corrected chi connectivity index (χ2v) is 9.21. The lowest BCUT2D eigenvalue weighted by atomic mass is 9.96. The Kier molecular flexibility index (Phi) is 5.86. The molecule has 2 unspecified atom stereocenters. The van der Waals surface area contributed by atoms with Gasteiger partial charge in [0.2, 0.25) is 6.79 Å². The molecule has 2 heterocycles. The van der Waals surface area contributed by atoms with Crippen molar-refractivity contribution in [1.82, 2.24) is 9.80 Å². The lowest BCUT2D eigenvalue weighted by Gasteiger charge is -2.42. The number of carbonyl (C=O) groups is 1. The molecule has 178 valence electrons. The lowest BCUT2D eigenvalue weighted by Crippen LogP contribution is -2.52. The molecular weight excluding hydrogens is 428 g/mol. The van der Waals surface area contributed by atoms with Crippen LogP contribution in [-0.2, 0) is 6.42 Å². The quantitative estimate of drug-likeness (QED) is 0.499. The van der Waals surface area contributed by atoms with Crippen molar-refractivity contribution in [3.8, 4) is 17.2 Å². The fourth-order valence-corrected chi connectivity index (χ4v) is 5.36. The van der Waals surface area contributed by atoms with Crippen LogP contribution in [0, 0.1) is 6.92 Å². The highest BCUT2D eigenvalue weighted by Gasteiger charge is 2.34. The predicted octanol–water partition coefficient (Wildman–Crippen LogP) is 5.31. The molecule has 0 N–H and O–H groups in total. The molecule has 1 amide bonds. The SMILES string of the molecule is CCC(N1CCc2cc3c(cc2C1=O)OCO3)N(C)C(C)c1ccc2c(C)c(OC)ccc2c1. The molecule has 0 spiro atoms. The Balaban J connectivity index is 1.41. The smallest absolute Gasteiger partial charge is 0.255 e. The van der Waals surface area contributed by atoms with Gasteiger partial charge in [0.1, 0.15) is 5.75 Å². The van der Waals surface area contributed by atoms with Crippen molar-refractivity contribution < 1.29 is 19.0 Å². The van der Waals surface area contributed by atoms with E-state index in [1.54, 1.807) is 7.11 Å². The number of fused-ring (bicyclic) bond motifs is 3. The fraction of sp³-hybridized carbons (Fsp3) is 0.393. The molecule has 2 aliphatic heterocycles. The van der Waals surface area contributed by atoms with Crippen LogP contribution in [0.15, 0.2) is 42.5 Å². The normalized spacial score (nSPS) is 16.6. The summed E-state index contributed by atoms with van der Waals surface area (Å²) in [6.07, 6.45) is 1.65. The molecule has 34 heavy (non-hydrogen) atoms. The number of nitrogens with zero attached hydrogens (tertiary/aromatic N) is 2. The maximum atomic E-state index is 13.5. The van der Waals surface area contributed by atoms with E-state index in [2.05, 4.69) is 57.0 Å². The van der Waals surface area contributed by atoms with E-state index >= 15 is 0 Å². The zero-order valence-electron chi connectivity index (χ0n) is 20.6. The van der Waals surface area contributed by atoms with E-state index in [9.17, 15) is 4.79 Å². The van der Waals surface area contributed by atoms with Gasteiger partial charge < -0.3 is 19.1 Å². The van der Waals surface area contributed by atoms with E-state index in [1.165, 1.54) is 16.3 Å². The summed E-state index contributed by atoms with van der Waals surface area (Å²) < 4.78 is 16.5. The standard InChI is InChI=1S/C28H32N2O4/c1-6-27(30-12-11-21-14-25-26(34-16-33-25)15-23(21)28(30)31)29(4)18(3)19-7-9-22-17(2)24(32-5)10-8-20(22)13-19/h7-10,13-15,18,27H,6,11-12,16H2,1-5H3. The van der Waals surface area contributed by atoms with Crippen LogP contribution >= 0.6 is 0 Å². The molecule has 3 aromatic rings. The first-order valence-electron chi connectivity index (χ1n) is 12.0. The zero-order chi connectivity index (χ0) is 24.0. The third-order valence-corrected chi connectivity index (χ3v) is 7.48. The van der Waals surface area contributed by atoms with Gasteiger partial charge >= 0.3 is 0 Å². The molecule has 0 aromatic heterocycles. The number of benzene rings is 3. The Morgan fingerprint density at radius 2 is 1.88 bits per heavy atom. The largest absolute Gasteiger partial charge is 0.496 e. The van der Waals surface area contributed by atoms with Crippen molar-refractivity contribution in [2.45, 2.75) is 45.8 Å². The molecule has 6 heteroatoms. The van der Waals surface area contributed by atoms with E-state index in [-0.39, 0.29) is 24.9 Å². The minimum Gasteiger partial charge on any atom is -0.496 e. The Morgan fingerprint density at radius 3 is 2.62 bits per heavy atom.